The zero-order valence-electron chi connectivity index (χ0n) is 13.5. The minimum atomic E-state index is 0.0645. The number of benzene rings is 3. The van der Waals surface area contributed by atoms with Gasteiger partial charge in [-0.05, 0) is 35.6 Å². The molecule has 0 spiro atoms. The van der Waals surface area contributed by atoms with Gasteiger partial charge in [-0.2, -0.15) is 0 Å². The van der Waals surface area contributed by atoms with Crippen molar-refractivity contribution < 1.29 is 4.79 Å². The maximum absolute atomic E-state index is 12.4. The van der Waals surface area contributed by atoms with Crippen LogP contribution in [0.2, 0.25) is 0 Å². The first-order valence-corrected chi connectivity index (χ1v) is 7.98. The van der Waals surface area contributed by atoms with Gasteiger partial charge in [-0.15, -0.1) is 0 Å². The van der Waals surface area contributed by atoms with E-state index >= 15 is 0 Å². The van der Waals surface area contributed by atoms with Crippen molar-refractivity contribution in [2.75, 3.05) is 0 Å². The molecule has 3 rings (SSSR count). The first kappa shape index (κ1) is 15.2. The van der Waals surface area contributed by atoms with E-state index in [1.807, 2.05) is 54.6 Å². The molecule has 0 bridgehead atoms. The molecule has 0 aliphatic heterocycles. The van der Waals surface area contributed by atoms with Crippen molar-refractivity contribution >= 4 is 5.78 Å². The fourth-order valence-electron chi connectivity index (χ4n) is 2.84. The molecule has 0 heterocycles. The maximum atomic E-state index is 12.4. The van der Waals surface area contributed by atoms with Crippen LogP contribution in [0.3, 0.4) is 0 Å². The average Bonchev–Trinajstić information content (AvgIpc) is 2.62. The third kappa shape index (κ3) is 3.24. The summed E-state index contributed by atoms with van der Waals surface area (Å²) >= 11 is 0. The van der Waals surface area contributed by atoms with E-state index in [1.54, 1.807) is 0 Å². The molecule has 0 saturated carbocycles. The molecule has 23 heavy (non-hydrogen) atoms. The van der Waals surface area contributed by atoms with Gasteiger partial charge in [-0.1, -0.05) is 79.7 Å². The predicted molar refractivity (Wildman–Crippen MR) is 95.9 cm³/mol. The summed E-state index contributed by atoms with van der Waals surface area (Å²) in [4.78, 5) is 12.4. The smallest absolute Gasteiger partial charge is 0.193 e. The second kappa shape index (κ2) is 6.62. The SMILES string of the molecule is CCc1ccc(-c2ccc(C(=O)c3ccccc3)cc2)cc1C. The number of carbonyl (C=O) groups is 1. The van der Waals surface area contributed by atoms with E-state index in [-0.39, 0.29) is 5.78 Å². The van der Waals surface area contributed by atoms with Gasteiger partial charge in [0.2, 0.25) is 0 Å². The lowest BCUT2D eigenvalue weighted by atomic mass is 9.96. The van der Waals surface area contributed by atoms with E-state index in [9.17, 15) is 4.79 Å². The lowest BCUT2D eigenvalue weighted by Gasteiger charge is -2.08. The quantitative estimate of drug-likeness (QED) is 0.585. The van der Waals surface area contributed by atoms with Gasteiger partial charge in [-0.3, -0.25) is 4.79 Å². The van der Waals surface area contributed by atoms with Gasteiger partial charge in [0.15, 0.2) is 5.78 Å². The van der Waals surface area contributed by atoms with Crippen LogP contribution in [-0.2, 0) is 6.42 Å². The number of carbonyl (C=O) groups excluding carboxylic acids is 1. The van der Waals surface area contributed by atoms with Crippen LogP contribution < -0.4 is 0 Å². The lowest BCUT2D eigenvalue weighted by molar-refractivity contribution is 0.103. The highest BCUT2D eigenvalue weighted by Gasteiger charge is 2.08. The zero-order valence-corrected chi connectivity index (χ0v) is 13.5. The Morgan fingerprint density at radius 2 is 1.39 bits per heavy atom. The Labute approximate surface area is 137 Å². The molecule has 0 atom stereocenters. The Balaban J connectivity index is 1.88. The highest BCUT2D eigenvalue weighted by atomic mass is 16.1. The first-order chi connectivity index (χ1) is 11.2. The average molecular weight is 300 g/mol. The monoisotopic (exact) mass is 300 g/mol. The van der Waals surface area contributed by atoms with Crippen LogP contribution in [0.4, 0.5) is 0 Å². The highest BCUT2D eigenvalue weighted by Crippen LogP contribution is 2.23. The van der Waals surface area contributed by atoms with Crippen molar-refractivity contribution in [3.05, 3.63) is 95.1 Å². The Morgan fingerprint density at radius 3 is 2.00 bits per heavy atom. The molecule has 0 fully saturated rings. The van der Waals surface area contributed by atoms with Gasteiger partial charge in [0.05, 0.1) is 0 Å². The largest absolute Gasteiger partial charge is 0.289 e. The van der Waals surface area contributed by atoms with Crippen molar-refractivity contribution in [2.24, 2.45) is 0 Å². The summed E-state index contributed by atoms with van der Waals surface area (Å²) in [6, 6.07) is 23.8. The van der Waals surface area contributed by atoms with Crippen LogP contribution in [-0.4, -0.2) is 5.78 Å². The Kier molecular flexibility index (Phi) is 4.38. The van der Waals surface area contributed by atoms with E-state index in [2.05, 4.69) is 32.0 Å². The summed E-state index contributed by atoms with van der Waals surface area (Å²) < 4.78 is 0. The summed E-state index contributed by atoms with van der Waals surface area (Å²) in [6.07, 6.45) is 1.05. The molecule has 1 nitrogen and oxygen atoms in total. The van der Waals surface area contributed by atoms with Crippen LogP contribution in [0, 0.1) is 6.92 Å². The van der Waals surface area contributed by atoms with Gasteiger partial charge in [0.25, 0.3) is 0 Å². The minimum Gasteiger partial charge on any atom is -0.289 e. The Morgan fingerprint density at radius 1 is 0.783 bits per heavy atom. The molecule has 0 unspecified atom stereocenters. The fourth-order valence-corrected chi connectivity index (χ4v) is 2.84. The second-order valence-electron chi connectivity index (χ2n) is 5.77. The molecule has 0 N–H and O–H groups in total. The van der Waals surface area contributed by atoms with Crippen LogP contribution in [0.5, 0.6) is 0 Å². The topological polar surface area (TPSA) is 17.1 Å². The third-order valence-electron chi connectivity index (χ3n) is 4.24. The molecule has 0 aliphatic rings. The van der Waals surface area contributed by atoms with Crippen molar-refractivity contribution in [1.29, 1.82) is 0 Å². The summed E-state index contributed by atoms with van der Waals surface area (Å²) in [5, 5.41) is 0. The van der Waals surface area contributed by atoms with Crippen molar-refractivity contribution in [1.82, 2.24) is 0 Å². The number of hydrogen-bond acceptors (Lipinski definition) is 1. The molecule has 3 aromatic carbocycles. The van der Waals surface area contributed by atoms with E-state index in [0.717, 1.165) is 23.1 Å². The third-order valence-corrected chi connectivity index (χ3v) is 4.24. The number of ketones is 1. The van der Waals surface area contributed by atoms with E-state index in [0.29, 0.717) is 0 Å². The van der Waals surface area contributed by atoms with Crippen LogP contribution in [0.25, 0.3) is 11.1 Å². The summed E-state index contributed by atoms with van der Waals surface area (Å²) in [5.74, 6) is 0.0645. The minimum absolute atomic E-state index is 0.0645. The maximum Gasteiger partial charge on any atom is 0.193 e. The fraction of sp³-hybridized carbons (Fsp3) is 0.136. The standard InChI is InChI=1S/C22H20O/c1-3-17-9-14-21(15-16(17)2)18-10-12-20(13-11-18)22(23)19-7-5-4-6-8-19/h4-15H,3H2,1-2H3. The lowest BCUT2D eigenvalue weighted by Crippen LogP contribution is -2.00. The summed E-state index contributed by atoms with van der Waals surface area (Å²) in [7, 11) is 0. The van der Waals surface area contributed by atoms with Gasteiger partial charge in [-0.25, -0.2) is 0 Å². The van der Waals surface area contributed by atoms with E-state index in [4.69, 9.17) is 0 Å². The van der Waals surface area contributed by atoms with Crippen molar-refractivity contribution in [3.63, 3.8) is 0 Å². The molecular formula is C22H20O. The van der Waals surface area contributed by atoms with Gasteiger partial charge in [0, 0.05) is 11.1 Å². The predicted octanol–water partition coefficient (Wildman–Crippen LogP) is 5.46. The normalized spacial score (nSPS) is 10.5. The Hall–Kier alpha value is -2.67. The molecule has 0 radical (unpaired) electrons. The molecule has 0 amide bonds. The zero-order chi connectivity index (χ0) is 16.2. The molecule has 0 aromatic heterocycles. The molecular weight excluding hydrogens is 280 g/mol. The van der Waals surface area contributed by atoms with Crippen molar-refractivity contribution in [2.45, 2.75) is 20.3 Å². The van der Waals surface area contributed by atoms with E-state index in [1.165, 1.54) is 16.7 Å². The van der Waals surface area contributed by atoms with Crippen LogP contribution in [0.15, 0.2) is 72.8 Å². The van der Waals surface area contributed by atoms with Crippen LogP contribution >= 0.6 is 0 Å². The highest BCUT2D eigenvalue weighted by molar-refractivity contribution is 6.09. The van der Waals surface area contributed by atoms with Crippen LogP contribution in [0.1, 0.15) is 34.0 Å². The van der Waals surface area contributed by atoms with Gasteiger partial charge >= 0.3 is 0 Å². The van der Waals surface area contributed by atoms with Crippen molar-refractivity contribution in [3.8, 4) is 11.1 Å². The molecule has 0 saturated heterocycles. The summed E-state index contributed by atoms with van der Waals surface area (Å²) in [5.41, 5.74) is 6.48. The van der Waals surface area contributed by atoms with Gasteiger partial charge in [0.1, 0.15) is 0 Å². The van der Waals surface area contributed by atoms with E-state index < -0.39 is 0 Å². The number of rotatable bonds is 4. The summed E-state index contributed by atoms with van der Waals surface area (Å²) in [6.45, 7) is 4.32. The second-order valence-corrected chi connectivity index (χ2v) is 5.77. The van der Waals surface area contributed by atoms with Gasteiger partial charge < -0.3 is 0 Å². The molecule has 3 aromatic rings. The molecule has 0 aliphatic carbocycles. The molecule has 1 heteroatoms. The molecule has 114 valence electrons. The first-order valence-electron chi connectivity index (χ1n) is 7.98. The number of hydrogen-bond donors (Lipinski definition) is 0. The number of aryl methyl sites for hydroxylation is 2. The Bertz CT molecular complexity index is 814.